The van der Waals surface area contributed by atoms with Crippen LogP contribution < -0.4 is 0 Å². The molecule has 2 heterocycles. The van der Waals surface area contributed by atoms with E-state index in [0.717, 1.165) is 53.7 Å². The van der Waals surface area contributed by atoms with Gasteiger partial charge in [0.15, 0.2) is 0 Å². The van der Waals surface area contributed by atoms with Gasteiger partial charge in [-0.3, -0.25) is 0 Å². The van der Waals surface area contributed by atoms with E-state index in [0.29, 0.717) is 12.0 Å². The lowest BCUT2D eigenvalue weighted by Gasteiger charge is -2.13. The molecule has 0 saturated carbocycles. The first-order chi connectivity index (χ1) is 9.28. The summed E-state index contributed by atoms with van der Waals surface area (Å²) in [7, 11) is 0. The minimum Gasteiger partial charge on any atom is -0.376 e. The maximum atomic E-state index is 5.89. The van der Waals surface area contributed by atoms with Gasteiger partial charge in [-0.15, -0.1) is 11.6 Å². The van der Waals surface area contributed by atoms with Gasteiger partial charge in [0.1, 0.15) is 5.82 Å². The minimum atomic E-state index is 0.311. The van der Waals surface area contributed by atoms with Crippen molar-refractivity contribution in [3.05, 3.63) is 28.5 Å². The Morgan fingerprint density at radius 2 is 2.37 bits per heavy atom. The summed E-state index contributed by atoms with van der Waals surface area (Å²) in [5.41, 5.74) is 2.19. The lowest BCUT2D eigenvalue weighted by Crippen LogP contribution is -2.17. The number of aromatic nitrogens is 2. The second kappa shape index (κ2) is 5.81. The van der Waals surface area contributed by atoms with Crippen LogP contribution in [-0.2, 0) is 17.7 Å². The average Bonchev–Trinajstić information content (AvgIpc) is 3.00. The normalized spacial score (nSPS) is 19.4. The lowest BCUT2D eigenvalue weighted by atomic mass is 10.2. The fraction of sp³-hybridized carbons (Fsp3) is 0.500. The van der Waals surface area contributed by atoms with E-state index in [9.17, 15) is 0 Å². The van der Waals surface area contributed by atoms with Crippen molar-refractivity contribution < 1.29 is 4.74 Å². The fourth-order valence-electron chi connectivity index (χ4n) is 2.62. The molecule has 1 saturated heterocycles. The molecule has 0 aliphatic carbocycles. The van der Waals surface area contributed by atoms with Crippen LogP contribution in [0.5, 0.6) is 0 Å². The van der Waals surface area contributed by atoms with Crippen molar-refractivity contribution in [2.75, 3.05) is 12.5 Å². The molecule has 19 heavy (non-hydrogen) atoms. The summed E-state index contributed by atoms with van der Waals surface area (Å²) in [4.78, 5) is 4.69. The molecule has 0 bridgehead atoms. The number of rotatable bonds is 4. The van der Waals surface area contributed by atoms with Crippen molar-refractivity contribution in [3.8, 4) is 0 Å². The highest BCUT2D eigenvalue weighted by atomic mass is 79.9. The summed E-state index contributed by atoms with van der Waals surface area (Å²) in [6.45, 7) is 1.75. The lowest BCUT2D eigenvalue weighted by molar-refractivity contribution is 0.0972. The molecule has 0 amide bonds. The summed E-state index contributed by atoms with van der Waals surface area (Å²) >= 11 is 9.42. The number of ether oxygens (including phenoxy) is 1. The standard InChI is InChI=1S/C14H16BrClN2O/c15-10-3-4-12-13(8-10)18(14(17-12)5-6-16)9-11-2-1-7-19-11/h3-4,8,11H,1-2,5-7,9H2. The number of halogens is 2. The molecule has 3 nitrogen and oxygen atoms in total. The van der Waals surface area contributed by atoms with E-state index in [4.69, 9.17) is 16.3 Å². The van der Waals surface area contributed by atoms with Gasteiger partial charge in [-0.05, 0) is 31.0 Å². The summed E-state index contributed by atoms with van der Waals surface area (Å²) in [6.07, 6.45) is 3.39. The Morgan fingerprint density at radius 3 is 3.11 bits per heavy atom. The average molecular weight is 344 g/mol. The number of alkyl halides is 1. The van der Waals surface area contributed by atoms with Crippen molar-refractivity contribution in [1.29, 1.82) is 0 Å². The van der Waals surface area contributed by atoms with Crippen LogP contribution in [0.1, 0.15) is 18.7 Å². The number of hydrogen-bond acceptors (Lipinski definition) is 2. The topological polar surface area (TPSA) is 27.1 Å². The number of fused-ring (bicyclic) bond motifs is 1. The van der Waals surface area contributed by atoms with Gasteiger partial charge < -0.3 is 9.30 Å². The predicted molar refractivity (Wildman–Crippen MR) is 80.8 cm³/mol. The third kappa shape index (κ3) is 2.81. The van der Waals surface area contributed by atoms with Gasteiger partial charge in [0.2, 0.25) is 0 Å². The maximum Gasteiger partial charge on any atom is 0.111 e. The molecule has 0 radical (unpaired) electrons. The second-order valence-corrected chi connectivity index (χ2v) is 6.14. The first-order valence-corrected chi connectivity index (χ1v) is 7.93. The number of hydrogen-bond donors (Lipinski definition) is 0. The third-order valence-corrected chi connectivity index (χ3v) is 4.20. The molecular weight excluding hydrogens is 328 g/mol. The van der Waals surface area contributed by atoms with Gasteiger partial charge in [0, 0.05) is 23.4 Å². The Morgan fingerprint density at radius 1 is 1.47 bits per heavy atom. The fourth-order valence-corrected chi connectivity index (χ4v) is 3.13. The largest absolute Gasteiger partial charge is 0.376 e. The Bertz CT molecular complexity index is 578. The third-order valence-electron chi connectivity index (χ3n) is 3.52. The Kier molecular flexibility index (Phi) is 4.10. The summed E-state index contributed by atoms with van der Waals surface area (Å²) in [5.74, 6) is 1.65. The zero-order valence-electron chi connectivity index (χ0n) is 10.6. The van der Waals surface area contributed by atoms with Crippen molar-refractivity contribution in [3.63, 3.8) is 0 Å². The Labute approximate surface area is 126 Å². The molecule has 0 N–H and O–H groups in total. The quantitative estimate of drug-likeness (QED) is 0.790. The van der Waals surface area contributed by atoms with Crippen LogP contribution in [0.3, 0.4) is 0 Å². The highest BCUT2D eigenvalue weighted by molar-refractivity contribution is 9.10. The van der Waals surface area contributed by atoms with E-state index in [1.807, 2.05) is 12.1 Å². The molecule has 1 aliphatic rings. The van der Waals surface area contributed by atoms with Crippen LogP contribution in [0.2, 0.25) is 0 Å². The van der Waals surface area contributed by atoms with Crippen LogP contribution in [0.15, 0.2) is 22.7 Å². The highest BCUT2D eigenvalue weighted by Gasteiger charge is 2.19. The van der Waals surface area contributed by atoms with Crippen LogP contribution in [-0.4, -0.2) is 28.1 Å². The van der Waals surface area contributed by atoms with Gasteiger partial charge in [-0.2, -0.15) is 0 Å². The number of nitrogens with zero attached hydrogens (tertiary/aromatic N) is 2. The van der Waals surface area contributed by atoms with Gasteiger partial charge >= 0.3 is 0 Å². The summed E-state index contributed by atoms with van der Waals surface area (Å²) in [6, 6.07) is 6.19. The Balaban J connectivity index is 2.01. The molecule has 1 aromatic carbocycles. The molecule has 102 valence electrons. The molecule has 0 spiro atoms. The molecule has 1 aliphatic heterocycles. The molecule has 5 heteroatoms. The van der Waals surface area contributed by atoms with E-state index >= 15 is 0 Å². The van der Waals surface area contributed by atoms with Gasteiger partial charge in [-0.25, -0.2) is 4.98 Å². The van der Waals surface area contributed by atoms with Gasteiger partial charge in [-0.1, -0.05) is 15.9 Å². The van der Waals surface area contributed by atoms with Crippen molar-refractivity contribution in [2.45, 2.75) is 31.9 Å². The summed E-state index contributed by atoms with van der Waals surface area (Å²) in [5, 5.41) is 0. The van der Waals surface area contributed by atoms with Crippen molar-refractivity contribution in [2.24, 2.45) is 0 Å². The molecule has 1 unspecified atom stereocenters. The van der Waals surface area contributed by atoms with E-state index in [1.165, 1.54) is 0 Å². The van der Waals surface area contributed by atoms with Crippen LogP contribution in [0.25, 0.3) is 11.0 Å². The Hall–Kier alpha value is -0.580. The van der Waals surface area contributed by atoms with Gasteiger partial charge in [0.05, 0.1) is 23.7 Å². The van der Waals surface area contributed by atoms with Gasteiger partial charge in [0.25, 0.3) is 0 Å². The monoisotopic (exact) mass is 342 g/mol. The van der Waals surface area contributed by atoms with E-state index in [-0.39, 0.29) is 0 Å². The highest BCUT2D eigenvalue weighted by Crippen LogP contribution is 2.24. The van der Waals surface area contributed by atoms with Crippen LogP contribution in [0.4, 0.5) is 0 Å². The van der Waals surface area contributed by atoms with Crippen molar-refractivity contribution in [1.82, 2.24) is 9.55 Å². The number of benzene rings is 1. The molecule has 2 aromatic rings. The van der Waals surface area contributed by atoms with E-state index in [1.54, 1.807) is 0 Å². The zero-order chi connectivity index (χ0) is 13.2. The van der Waals surface area contributed by atoms with Crippen LogP contribution >= 0.6 is 27.5 Å². The molecule has 1 atom stereocenters. The number of aryl methyl sites for hydroxylation is 1. The molecule has 3 rings (SSSR count). The first-order valence-electron chi connectivity index (χ1n) is 6.60. The minimum absolute atomic E-state index is 0.311. The van der Waals surface area contributed by atoms with E-state index in [2.05, 4.69) is 31.5 Å². The smallest absolute Gasteiger partial charge is 0.111 e. The van der Waals surface area contributed by atoms with Crippen LogP contribution in [0, 0.1) is 0 Å². The van der Waals surface area contributed by atoms with E-state index < -0.39 is 0 Å². The molecule has 1 fully saturated rings. The number of imidazole rings is 1. The molecular formula is C14H16BrClN2O. The van der Waals surface area contributed by atoms with Crippen molar-refractivity contribution >= 4 is 38.6 Å². The zero-order valence-corrected chi connectivity index (χ0v) is 13.0. The summed E-state index contributed by atoms with van der Waals surface area (Å²) < 4.78 is 9.08. The predicted octanol–water partition coefficient (Wildman–Crippen LogP) is 3.76. The maximum absolute atomic E-state index is 5.89. The SMILES string of the molecule is ClCCc1nc2ccc(Br)cc2n1CC1CCCO1. The molecule has 1 aromatic heterocycles. The first kappa shape index (κ1) is 13.4. The second-order valence-electron chi connectivity index (χ2n) is 4.85.